The molecule has 0 radical (unpaired) electrons. The van der Waals surface area contributed by atoms with Crippen LogP contribution in [0.4, 0.5) is 13.2 Å². The Morgan fingerprint density at radius 1 is 1.60 bits per heavy atom. The third-order valence-electron chi connectivity index (χ3n) is 1.92. The van der Waals surface area contributed by atoms with Gasteiger partial charge in [-0.1, -0.05) is 0 Å². The summed E-state index contributed by atoms with van der Waals surface area (Å²) in [5, 5.41) is 12.6. The number of alkyl halides is 3. The maximum absolute atomic E-state index is 11.9. The minimum atomic E-state index is -4.67. The fourth-order valence-electron chi connectivity index (χ4n) is 1.17. The number of hydrogen-bond acceptors (Lipinski definition) is 2. The molecule has 1 heterocycles. The van der Waals surface area contributed by atoms with Crippen molar-refractivity contribution in [2.24, 2.45) is 7.05 Å². The Kier molecular flexibility index (Phi) is 3.06. The first-order chi connectivity index (χ1) is 6.80. The molecular formula is C9H11F3N2O. The van der Waals surface area contributed by atoms with E-state index in [0.717, 1.165) is 6.08 Å². The number of aromatic nitrogens is 2. The molecule has 0 atom stereocenters. The molecule has 84 valence electrons. The number of allylic oxidation sites excluding steroid dienone is 2. The fourth-order valence-corrected chi connectivity index (χ4v) is 1.17. The Bertz CT molecular complexity index is 379. The highest BCUT2D eigenvalue weighted by Crippen LogP contribution is 2.23. The van der Waals surface area contributed by atoms with Crippen molar-refractivity contribution in [3.05, 3.63) is 29.3 Å². The van der Waals surface area contributed by atoms with Crippen LogP contribution in [-0.2, 0) is 13.5 Å². The zero-order chi connectivity index (χ0) is 11.6. The van der Waals surface area contributed by atoms with Gasteiger partial charge < -0.3 is 5.11 Å². The first-order valence-corrected chi connectivity index (χ1v) is 4.26. The maximum atomic E-state index is 11.9. The summed E-state index contributed by atoms with van der Waals surface area (Å²) in [4.78, 5) is 0. The predicted molar refractivity (Wildman–Crippen MR) is 48.4 cm³/mol. The van der Waals surface area contributed by atoms with Gasteiger partial charge in [-0.25, -0.2) is 0 Å². The average Bonchev–Trinajstić information content (AvgIpc) is 2.39. The van der Waals surface area contributed by atoms with Gasteiger partial charge in [-0.15, -0.1) is 0 Å². The van der Waals surface area contributed by atoms with Crippen LogP contribution in [0.15, 0.2) is 18.0 Å². The molecule has 0 aliphatic rings. The molecule has 0 spiro atoms. The molecule has 0 bridgehead atoms. The summed E-state index contributed by atoms with van der Waals surface area (Å²) in [6, 6.07) is 0. The minimum absolute atomic E-state index is 0.0189. The molecule has 0 aliphatic carbocycles. The molecule has 0 fully saturated rings. The number of nitrogens with zero attached hydrogens (tertiary/aromatic N) is 2. The summed E-state index contributed by atoms with van der Waals surface area (Å²) >= 11 is 0. The van der Waals surface area contributed by atoms with E-state index in [0.29, 0.717) is 11.3 Å². The van der Waals surface area contributed by atoms with E-state index in [4.69, 9.17) is 5.11 Å². The summed E-state index contributed by atoms with van der Waals surface area (Å²) in [6.07, 6.45) is -2.29. The molecule has 0 aromatic carbocycles. The smallest absolute Gasteiger partial charge is 0.448 e. The van der Waals surface area contributed by atoms with Crippen LogP contribution in [-0.4, -0.2) is 21.1 Å². The van der Waals surface area contributed by atoms with E-state index in [2.05, 4.69) is 5.10 Å². The van der Waals surface area contributed by atoms with Crippen molar-refractivity contribution in [1.29, 1.82) is 0 Å². The molecule has 0 aliphatic heterocycles. The van der Waals surface area contributed by atoms with Gasteiger partial charge in [-0.05, 0) is 25.0 Å². The normalized spacial score (nSPS) is 13.3. The van der Waals surface area contributed by atoms with Crippen molar-refractivity contribution in [3.63, 3.8) is 0 Å². The van der Waals surface area contributed by atoms with Crippen LogP contribution < -0.4 is 0 Å². The molecule has 0 saturated heterocycles. The highest BCUT2D eigenvalue weighted by Gasteiger charge is 2.33. The van der Waals surface area contributed by atoms with E-state index >= 15 is 0 Å². The van der Waals surface area contributed by atoms with Gasteiger partial charge in [0.1, 0.15) is 0 Å². The second-order valence-corrected chi connectivity index (χ2v) is 3.20. The first-order valence-electron chi connectivity index (χ1n) is 4.26. The molecular weight excluding hydrogens is 209 g/mol. The topological polar surface area (TPSA) is 38.0 Å². The summed E-state index contributed by atoms with van der Waals surface area (Å²) in [5.74, 6) is -1.56. The van der Waals surface area contributed by atoms with Gasteiger partial charge in [0.15, 0.2) is 5.76 Å². The molecule has 0 saturated carbocycles. The van der Waals surface area contributed by atoms with Gasteiger partial charge in [0, 0.05) is 13.2 Å². The Hall–Kier alpha value is -1.46. The van der Waals surface area contributed by atoms with Gasteiger partial charge in [-0.2, -0.15) is 18.3 Å². The number of halogens is 3. The largest absolute Gasteiger partial charge is 0.504 e. The van der Waals surface area contributed by atoms with Crippen LogP contribution in [0.5, 0.6) is 0 Å². The Morgan fingerprint density at radius 2 is 2.20 bits per heavy atom. The van der Waals surface area contributed by atoms with Crippen molar-refractivity contribution in [1.82, 2.24) is 9.78 Å². The highest BCUT2D eigenvalue weighted by atomic mass is 19.4. The lowest BCUT2D eigenvalue weighted by atomic mass is 10.2. The minimum Gasteiger partial charge on any atom is -0.504 e. The van der Waals surface area contributed by atoms with Crippen molar-refractivity contribution >= 4 is 0 Å². The third kappa shape index (κ3) is 3.00. The van der Waals surface area contributed by atoms with Gasteiger partial charge in [-0.3, -0.25) is 4.68 Å². The van der Waals surface area contributed by atoms with Crippen molar-refractivity contribution in [2.75, 3.05) is 0 Å². The lowest BCUT2D eigenvalue weighted by molar-refractivity contribution is -0.120. The molecule has 1 N–H and O–H groups in total. The number of aryl methyl sites for hydroxylation is 2. The van der Waals surface area contributed by atoms with Gasteiger partial charge in [0.25, 0.3) is 0 Å². The van der Waals surface area contributed by atoms with Crippen LogP contribution in [0.25, 0.3) is 0 Å². The summed E-state index contributed by atoms with van der Waals surface area (Å²) in [6.45, 7) is 1.70. The quantitative estimate of drug-likeness (QED) is 0.776. The Labute approximate surface area is 84.8 Å². The zero-order valence-corrected chi connectivity index (χ0v) is 8.34. The van der Waals surface area contributed by atoms with Gasteiger partial charge in [0.05, 0.1) is 5.69 Å². The first kappa shape index (κ1) is 11.6. The maximum Gasteiger partial charge on any atom is 0.448 e. The van der Waals surface area contributed by atoms with Crippen molar-refractivity contribution in [2.45, 2.75) is 19.5 Å². The molecule has 0 amide bonds. The third-order valence-corrected chi connectivity index (χ3v) is 1.92. The highest BCUT2D eigenvalue weighted by molar-refractivity contribution is 5.19. The molecule has 1 aromatic heterocycles. The number of aliphatic hydroxyl groups excluding tert-OH is 1. The lowest BCUT2D eigenvalue weighted by Gasteiger charge is -2.03. The Morgan fingerprint density at radius 3 is 2.60 bits per heavy atom. The number of rotatable bonds is 2. The van der Waals surface area contributed by atoms with E-state index in [9.17, 15) is 13.2 Å². The van der Waals surface area contributed by atoms with Crippen LogP contribution in [0.3, 0.4) is 0 Å². The summed E-state index contributed by atoms with van der Waals surface area (Å²) in [5.41, 5.74) is 1.32. The van der Waals surface area contributed by atoms with E-state index in [1.54, 1.807) is 20.2 Å². The van der Waals surface area contributed by atoms with E-state index in [-0.39, 0.29) is 6.42 Å². The molecule has 0 unspecified atom stereocenters. The Balaban J connectivity index is 2.76. The predicted octanol–water partition coefficient (Wildman–Crippen LogP) is 2.28. The summed E-state index contributed by atoms with van der Waals surface area (Å²) < 4.78 is 37.3. The molecule has 3 nitrogen and oxygen atoms in total. The van der Waals surface area contributed by atoms with E-state index < -0.39 is 11.9 Å². The standard InChI is InChI=1S/C9H11F3N2O/c1-6-7(5-14(2)13-6)3-4-8(15)9(10,11)12/h4-5,15H,3H2,1-2H3. The lowest BCUT2D eigenvalue weighted by Crippen LogP contribution is -2.11. The molecule has 15 heavy (non-hydrogen) atoms. The van der Waals surface area contributed by atoms with Crippen LogP contribution in [0.1, 0.15) is 11.3 Å². The van der Waals surface area contributed by atoms with Crippen molar-refractivity contribution in [3.8, 4) is 0 Å². The van der Waals surface area contributed by atoms with Crippen LogP contribution in [0, 0.1) is 6.92 Å². The average molecular weight is 220 g/mol. The second kappa shape index (κ2) is 3.96. The van der Waals surface area contributed by atoms with Crippen LogP contribution >= 0.6 is 0 Å². The van der Waals surface area contributed by atoms with E-state index in [1.807, 2.05) is 0 Å². The zero-order valence-electron chi connectivity index (χ0n) is 8.34. The number of hydrogen-bond donors (Lipinski definition) is 1. The molecule has 1 rings (SSSR count). The van der Waals surface area contributed by atoms with Crippen LogP contribution in [0.2, 0.25) is 0 Å². The SMILES string of the molecule is Cc1nn(C)cc1CC=C(O)C(F)(F)F. The van der Waals surface area contributed by atoms with E-state index in [1.165, 1.54) is 4.68 Å². The second-order valence-electron chi connectivity index (χ2n) is 3.20. The van der Waals surface area contributed by atoms with Crippen molar-refractivity contribution < 1.29 is 18.3 Å². The fraction of sp³-hybridized carbons (Fsp3) is 0.444. The molecule has 1 aromatic rings. The molecule has 6 heteroatoms. The number of aliphatic hydroxyl groups is 1. The summed E-state index contributed by atoms with van der Waals surface area (Å²) in [7, 11) is 1.68. The van der Waals surface area contributed by atoms with Gasteiger partial charge >= 0.3 is 6.18 Å². The van der Waals surface area contributed by atoms with Gasteiger partial charge in [0.2, 0.25) is 0 Å². The monoisotopic (exact) mass is 220 g/mol.